The minimum atomic E-state index is -1.05. The van der Waals surface area contributed by atoms with Crippen molar-refractivity contribution in [2.45, 2.75) is 19.3 Å². The van der Waals surface area contributed by atoms with Crippen molar-refractivity contribution in [1.82, 2.24) is 9.97 Å². The summed E-state index contributed by atoms with van der Waals surface area (Å²) in [5.41, 5.74) is 2.96. The van der Waals surface area contributed by atoms with Gasteiger partial charge >= 0.3 is 5.97 Å². The summed E-state index contributed by atoms with van der Waals surface area (Å²) in [5.74, 6) is -1.66. The number of hydrogen-bond donors (Lipinski definition) is 2. The lowest BCUT2D eigenvalue weighted by Gasteiger charge is -2.53. The first-order valence-corrected chi connectivity index (χ1v) is 15.1. The molecule has 0 aliphatic carbocycles. The number of rotatable bonds is 5. The van der Waals surface area contributed by atoms with Gasteiger partial charge in [0.05, 0.1) is 22.3 Å². The number of ether oxygens (including phenoxy) is 1. The van der Waals surface area contributed by atoms with E-state index in [4.69, 9.17) is 4.74 Å². The SMILES string of the molecule is O=C(O)c1cc2c(s1)-c1ncc(F)cc1N(C(=O)c1ccc(NC(=O)c3cccnc3N3CC4(CCOCC4)C3)cc1)CC2. The van der Waals surface area contributed by atoms with Crippen LogP contribution in [-0.2, 0) is 11.2 Å². The minimum Gasteiger partial charge on any atom is -0.477 e. The van der Waals surface area contributed by atoms with Crippen LogP contribution in [0.15, 0.2) is 60.9 Å². The van der Waals surface area contributed by atoms with Gasteiger partial charge in [-0.25, -0.2) is 14.2 Å². The molecule has 12 heteroatoms. The second-order valence-electron chi connectivity index (χ2n) is 11.4. The third-order valence-electron chi connectivity index (χ3n) is 8.54. The topological polar surface area (TPSA) is 125 Å². The van der Waals surface area contributed by atoms with E-state index in [0.29, 0.717) is 39.6 Å². The Kier molecular flexibility index (Phi) is 7.10. The van der Waals surface area contributed by atoms with Crippen LogP contribution >= 0.6 is 11.3 Å². The number of anilines is 3. The molecule has 10 nitrogen and oxygen atoms in total. The van der Waals surface area contributed by atoms with Crippen LogP contribution in [0.25, 0.3) is 10.6 Å². The summed E-state index contributed by atoms with van der Waals surface area (Å²) in [6.07, 6.45) is 5.16. The number of carbonyl (C=O) groups is 3. The van der Waals surface area contributed by atoms with Gasteiger partial charge in [0, 0.05) is 61.8 Å². The Morgan fingerprint density at radius 2 is 1.82 bits per heavy atom. The third kappa shape index (κ3) is 5.09. The van der Waals surface area contributed by atoms with E-state index in [1.165, 1.54) is 11.0 Å². The fraction of sp³-hybridized carbons (Fsp3) is 0.281. The van der Waals surface area contributed by atoms with Gasteiger partial charge in [-0.1, -0.05) is 0 Å². The molecule has 7 rings (SSSR count). The van der Waals surface area contributed by atoms with E-state index in [0.717, 1.165) is 62.2 Å². The van der Waals surface area contributed by atoms with Crippen molar-refractivity contribution < 1.29 is 28.6 Å². The lowest BCUT2D eigenvalue weighted by molar-refractivity contribution is -0.000511. The average Bonchev–Trinajstić information content (AvgIpc) is 3.39. The second kappa shape index (κ2) is 11.1. The summed E-state index contributed by atoms with van der Waals surface area (Å²) in [6.45, 7) is 3.44. The summed E-state index contributed by atoms with van der Waals surface area (Å²) in [7, 11) is 0. The van der Waals surface area contributed by atoms with Gasteiger partial charge in [-0.2, -0.15) is 0 Å². The van der Waals surface area contributed by atoms with E-state index in [1.807, 2.05) is 0 Å². The van der Waals surface area contributed by atoms with Crippen LogP contribution in [0.5, 0.6) is 0 Å². The molecular weight excluding hydrogens is 585 g/mol. The number of pyridine rings is 2. The molecule has 0 bridgehead atoms. The van der Waals surface area contributed by atoms with E-state index in [9.17, 15) is 23.9 Å². The molecule has 6 heterocycles. The number of carboxylic acids is 1. The van der Waals surface area contributed by atoms with Gasteiger partial charge in [0.25, 0.3) is 11.8 Å². The Hall–Kier alpha value is -4.68. The minimum absolute atomic E-state index is 0.163. The highest BCUT2D eigenvalue weighted by Gasteiger charge is 2.45. The van der Waals surface area contributed by atoms with E-state index < -0.39 is 11.8 Å². The molecule has 4 aromatic rings. The Morgan fingerprint density at radius 3 is 2.57 bits per heavy atom. The molecule has 224 valence electrons. The summed E-state index contributed by atoms with van der Waals surface area (Å²) < 4.78 is 19.9. The zero-order valence-corrected chi connectivity index (χ0v) is 24.4. The predicted molar refractivity (Wildman–Crippen MR) is 163 cm³/mol. The number of carbonyl (C=O) groups excluding carboxylic acids is 2. The zero-order chi connectivity index (χ0) is 30.4. The van der Waals surface area contributed by atoms with E-state index in [2.05, 4.69) is 20.2 Å². The van der Waals surface area contributed by atoms with Crippen molar-refractivity contribution in [3.63, 3.8) is 0 Å². The van der Waals surface area contributed by atoms with Crippen LogP contribution < -0.4 is 15.1 Å². The van der Waals surface area contributed by atoms with Gasteiger partial charge in [0.15, 0.2) is 0 Å². The summed E-state index contributed by atoms with van der Waals surface area (Å²) in [4.78, 5) is 51.7. The Labute approximate surface area is 256 Å². The highest BCUT2D eigenvalue weighted by atomic mass is 32.1. The highest BCUT2D eigenvalue weighted by molar-refractivity contribution is 7.17. The molecule has 3 aliphatic heterocycles. The highest BCUT2D eigenvalue weighted by Crippen LogP contribution is 2.43. The number of halogens is 1. The van der Waals surface area contributed by atoms with E-state index >= 15 is 0 Å². The van der Waals surface area contributed by atoms with Crippen molar-refractivity contribution in [3.8, 4) is 10.6 Å². The molecule has 3 aliphatic rings. The number of benzene rings is 1. The maximum Gasteiger partial charge on any atom is 0.345 e. The molecule has 0 atom stereocenters. The number of hydrogen-bond acceptors (Lipinski definition) is 8. The summed E-state index contributed by atoms with van der Waals surface area (Å²) >= 11 is 1.06. The van der Waals surface area contributed by atoms with Crippen molar-refractivity contribution in [3.05, 3.63) is 88.3 Å². The van der Waals surface area contributed by atoms with E-state index in [1.54, 1.807) is 48.7 Å². The monoisotopic (exact) mass is 613 g/mol. The van der Waals surface area contributed by atoms with Gasteiger partial charge in [0.1, 0.15) is 22.2 Å². The third-order valence-corrected chi connectivity index (χ3v) is 9.71. The quantitative estimate of drug-likeness (QED) is 0.318. The fourth-order valence-corrected chi connectivity index (χ4v) is 7.26. The molecule has 1 spiro atoms. The number of nitrogens with zero attached hydrogens (tertiary/aromatic N) is 4. The Bertz CT molecular complexity index is 1780. The van der Waals surface area contributed by atoms with Crippen LogP contribution in [0.3, 0.4) is 0 Å². The molecule has 44 heavy (non-hydrogen) atoms. The van der Waals surface area contributed by atoms with Gasteiger partial charge in [-0.15, -0.1) is 11.3 Å². The molecule has 0 saturated carbocycles. The number of carboxylic acid groups (broad SMARTS) is 1. The number of fused-ring (bicyclic) bond motifs is 3. The van der Waals surface area contributed by atoms with Crippen molar-refractivity contribution in [2.75, 3.05) is 48.0 Å². The van der Waals surface area contributed by atoms with Crippen molar-refractivity contribution >= 4 is 46.3 Å². The predicted octanol–water partition coefficient (Wildman–Crippen LogP) is 5.11. The van der Waals surface area contributed by atoms with Crippen LogP contribution in [0, 0.1) is 11.2 Å². The molecular formula is C32H28FN5O5S. The molecule has 2 saturated heterocycles. The fourth-order valence-electron chi connectivity index (χ4n) is 6.20. The molecule has 2 fully saturated rings. The number of nitrogens with one attached hydrogen (secondary N) is 1. The maximum atomic E-state index is 14.3. The van der Waals surface area contributed by atoms with Gasteiger partial charge in [-0.05, 0) is 67.3 Å². The number of aromatic nitrogens is 2. The average molecular weight is 614 g/mol. The van der Waals surface area contributed by atoms with Crippen LogP contribution in [0.1, 0.15) is 48.8 Å². The normalized spacial score (nSPS) is 16.8. The zero-order valence-electron chi connectivity index (χ0n) is 23.6. The molecule has 2 amide bonds. The van der Waals surface area contributed by atoms with Gasteiger partial charge in [-0.3, -0.25) is 14.6 Å². The van der Waals surface area contributed by atoms with Crippen LogP contribution in [0.4, 0.5) is 21.6 Å². The molecule has 0 unspecified atom stereocenters. The summed E-state index contributed by atoms with van der Waals surface area (Å²) in [5, 5.41) is 12.4. The Morgan fingerprint density at radius 1 is 1.05 bits per heavy atom. The number of aromatic carboxylic acids is 1. The standard InChI is InChI=1S/C32H28FN5O5S/c33-21-15-24-26(35-16-21)27-20(14-25(44-27)31(41)42)7-11-38(24)30(40)19-3-5-22(6-4-19)36-29(39)23-2-1-10-34-28(23)37-17-32(18-37)8-12-43-13-9-32/h1-6,10,14-16H,7-9,11-13,17-18H2,(H,36,39)(H,41,42). The van der Waals surface area contributed by atoms with Crippen LogP contribution in [-0.4, -0.2) is 65.7 Å². The molecule has 2 N–H and O–H groups in total. The first-order chi connectivity index (χ1) is 21.3. The van der Waals surface area contributed by atoms with Gasteiger partial charge in [0.2, 0.25) is 0 Å². The summed E-state index contributed by atoms with van der Waals surface area (Å²) in [6, 6.07) is 12.9. The first-order valence-electron chi connectivity index (χ1n) is 14.3. The maximum absolute atomic E-state index is 14.3. The lowest BCUT2D eigenvalue weighted by atomic mass is 9.73. The van der Waals surface area contributed by atoms with Crippen molar-refractivity contribution in [1.29, 1.82) is 0 Å². The molecule has 3 aromatic heterocycles. The van der Waals surface area contributed by atoms with Gasteiger partial charge < -0.3 is 25.0 Å². The Balaban J connectivity index is 1.08. The second-order valence-corrected chi connectivity index (χ2v) is 12.4. The molecule has 0 radical (unpaired) electrons. The van der Waals surface area contributed by atoms with Crippen molar-refractivity contribution in [2.24, 2.45) is 5.41 Å². The van der Waals surface area contributed by atoms with E-state index in [-0.39, 0.29) is 34.3 Å². The lowest BCUT2D eigenvalue weighted by Crippen LogP contribution is -2.59. The first kappa shape index (κ1) is 28.1. The van der Waals surface area contributed by atoms with Crippen LogP contribution in [0.2, 0.25) is 0 Å². The number of amides is 2. The smallest absolute Gasteiger partial charge is 0.345 e. The number of thiophene rings is 1. The molecule has 1 aromatic carbocycles. The largest absolute Gasteiger partial charge is 0.477 e.